The van der Waals surface area contributed by atoms with Gasteiger partial charge in [0, 0.05) is 13.1 Å². The summed E-state index contributed by atoms with van der Waals surface area (Å²) in [6.45, 7) is 8.59. The van der Waals surface area contributed by atoms with Gasteiger partial charge in [-0.3, -0.25) is 0 Å². The highest BCUT2D eigenvalue weighted by molar-refractivity contribution is 5.27. The van der Waals surface area contributed by atoms with Gasteiger partial charge in [0.2, 0.25) is 0 Å². The fraction of sp³-hybridized carbons (Fsp3) is 0.500. The molecule has 98 valence electrons. The predicted octanol–water partition coefficient (Wildman–Crippen LogP) is 3.53. The summed E-state index contributed by atoms with van der Waals surface area (Å²) in [6, 6.07) is 8.29. The molecule has 0 atom stereocenters. The van der Waals surface area contributed by atoms with Gasteiger partial charge in [0.25, 0.3) is 0 Å². The third-order valence-electron chi connectivity index (χ3n) is 3.83. The van der Waals surface area contributed by atoms with Crippen LogP contribution in [-0.4, -0.2) is 13.2 Å². The average molecular weight is 245 g/mol. The van der Waals surface area contributed by atoms with Crippen LogP contribution < -0.4 is 10.1 Å². The molecule has 1 fully saturated rings. The zero-order valence-electron chi connectivity index (χ0n) is 11.2. The highest BCUT2D eigenvalue weighted by Crippen LogP contribution is 2.47. The first-order chi connectivity index (χ1) is 8.78. The van der Waals surface area contributed by atoms with E-state index in [1.54, 1.807) is 6.08 Å². The van der Waals surface area contributed by atoms with E-state index in [0.29, 0.717) is 12.0 Å². The van der Waals surface area contributed by atoms with Crippen molar-refractivity contribution in [1.82, 2.24) is 5.32 Å². The smallest absolute Gasteiger partial charge is 0.119 e. The van der Waals surface area contributed by atoms with Crippen LogP contribution in [0.4, 0.5) is 0 Å². The van der Waals surface area contributed by atoms with E-state index in [1.165, 1.54) is 24.8 Å². The van der Waals surface area contributed by atoms with E-state index in [4.69, 9.17) is 4.74 Å². The van der Waals surface area contributed by atoms with Crippen LogP contribution in [0.5, 0.6) is 5.75 Å². The normalized spacial score (nSPS) is 16.3. The Kier molecular flexibility index (Phi) is 4.43. The lowest BCUT2D eigenvalue weighted by atomic mass is 10.0. The number of benzene rings is 1. The highest BCUT2D eigenvalue weighted by Gasteiger charge is 2.39. The first-order valence-corrected chi connectivity index (χ1v) is 6.81. The van der Waals surface area contributed by atoms with Crippen LogP contribution in [-0.2, 0) is 6.54 Å². The lowest BCUT2D eigenvalue weighted by Crippen LogP contribution is -2.23. The Labute approximate surface area is 110 Å². The molecule has 0 aliphatic heterocycles. The molecule has 1 N–H and O–H groups in total. The first-order valence-electron chi connectivity index (χ1n) is 6.81. The van der Waals surface area contributed by atoms with Crippen LogP contribution in [0.1, 0.15) is 31.7 Å². The van der Waals surface area contributed by atoms with Crippen LogP contribution >= 0.6 is 0 Å². The molecular formula is C16H23NO. The molecule has 2 nitrogen and oxygen atoms in total. The SMILES string of the molecule is C=CCOc1ccc(CNCC2(CC)CC2)cc1. The summed E-state index contributed by atoms with van der Waals surface area (Å²) in [5.41, 5.74) is 1.93. The molecule has 0 spiro atoms. The van der Waals surface area contributed by atoms with E-state index in [2.05, 4.69) is 31.0 Å². The molecule has 1 aromatic carbocycles. The molecule has 1 aromatic rings. The van der Waals surface area contributed by atoms with Gasteiger partial charge in [-0.05, 0) is 42.4 Å². The molecule has 0 bridgehead atoms. The fourth-order valence-electron chi connectivity index (χ4n) is 2.16. The Morgan fingerprint density at radius 3 is 2.61 bits per heavy atom. The number of rotatable bonds is 8. The Hall–Kier alpha value is -1.28. The number of ether oxygens (including phenoxy) is 1. The minimum absolute atomic E-state index is 0.566. The van der Waals surface area contributed by atoms with E-state index < -0.39 is 0 Å². The molecule has 0 saturated heterocycles. The van der Waals surface area contributed by atoms with Crippen molar-refractivity contribution in [2.24, 2.45) is 5.41 Å². The van der Waals surface area contributed by atoms with Gasteiger partial charge < -0.3 is 10.1 Å². The third-order valence-corrected chi connectivity index (χ3v) is 3.83. The van der Waals surface area contributed by atoms with Gasteiger partial charge in [-0.25, -0.2) is 0 Å². The van der Waals surface area contributed by atoms with Gasteiger partial charge >= 0.3 is 0 Å². The summed E-state index contributed by atoms with van der Waals surface area (Å²) >= 11 is 0. The molecule has 18 heavy (non-hydrogen) atoms. The van der Waals surface area contributed by atoms with E-state index in [1.807, 2.05) is 12.1 Å². The molecule has 0 unspecified atom stereocenters. The van der Waals surface area contributed by atoms with Crippen molar-refractivity contribution in [2.45, 2.75) is 32.7 Å². The lowest BCUT2D eigenvalue weighted by molar-refractivity contribution is 0.363. The largest absolute Gasteiger partial charge is 0.490 e. The molecule has 2 heteroatoms. The summed E-state index contributed by atoms with van der Waals surface area (Å²) in [6.07, 6.45) is 5.85. The summed E-state index contributed by atoms with van der Waals surface area (Å²) in [5.74, 6) is 0.908. The minimum Gasteiger partial charge on any atom is -0.490 e. The van der Waals surface area contributed by atoms with Gasteiger partial charge in [-0.1, -0.05) is 31.7 Å². The van der Waals surface area contributed by atoms with Crippen LogP contribution in [0.3, 0.4) is 0 Å². The molecule has 1 aliphatic rings. The van der Waals surface area contributed by atoms with Crippen molar-refractivity contribution in [2.75, 3.05) is 13.2 Å². The zero-order chi connectivity index (χ0) is 12.8. The van der Waals surface area contributed by atoms with Crippen molar-refractivity contribution in [3.63, 3.8) is 0 Å². The molecule has 2 rings (SSSR count). The van der Waals surface area contributed by atoms with E-state index >= 15 is 0 Å². The van der Waals surface area contributed by atoms with Crippen molar-refractivity contribution < 1.29 is 4.74 Å². The summed E-state index contributed by atoms with van der Waals surface area (Å²) in [4.78, 5) is 0. The second-order valence-electron chi connectivity index (χ2n) is 5.20. The van der Waals surface area contributed by atoms with Gasteiger partial charge in [-0.15, -0.1) is 0 Å². The second kappa shape index (κ2) is 6.05. The van der Waals surface area contributed by atoms with Crippen molar-refractivity contribution in [1.29, 1.82) is 0 Å². The first kappa shape index (κ1) is 13.2. The van der Waals surface area contributed by atoms with Crippen molar-refractivity contribution in [3.05, 3.63) is 42.5 Å². The van der Waals surface area contributed by atoms with Crippen LogP contribution in [0.15, 0.2) is 36.9 Å². The van der Waals surface area contributed by atoms with Crippen molar-refractivity contribution >= 4 is 0 Å². The Bertz CT molecular complexity index is 379. The predicted molar refractivity (Wildman–Crippen MR) is 75.8 cm³/mol. The van der Waals surface area contributed by atoms with Crippen LogP contribution in [0.2, 0.25) is 0 Å². The molecule has 0 amide bonds. The zero-order valence-corrected chi connectivity index (χ0v) is 11.2. The number of nitrogens with one attached hydrogen (secondary N) is 1. The number of hydrogen-bond acceptors (Lipinski definition) is 2. The van der Waals surface area contributed by atoms with Gasteiger partial charge in [-0.2, -0.15) is 0 Å². The molecule has 0 radical (unpaired) electrons. The standard InChI is InChI=1S/C16H23NO/c1-3-11-18-15-7-5-14(6-8-15)12-17-13-16(4-2)9-10-16/h3,5-8,17H,1,4,9-13H2,2H3. The van der Waals surface area contributed by atoms with E-state index in [-0.39, 0.29) is 0 Å². The third kappa shape index (κ3) is 3.61. The molecule has 0 heterocycles. The van der Waals surface area contributed by atoms with Crippen LogP contribution in [0, 0.1) is 5.41 Å². The lowest BCUT2D eigenvalue weighted by Gasteiger charge is -2.13. The fourth-order valence-corrected chi connectivity index (χ4v) is 2.16. The molecule has 0 aromatic heterocycles. The van der Waals surface area contributed by atoms with Gasteiger partial charge in [0.1, 0.15) is 12.4 Å². The Morgan fingerprint density at radius 1 is 1.33 bits per heavy atom. The molecular weight excluding hydrogens is 222 g/mol. The topological polar surface area (TPSA) is 21.3 Å². The summed E-state index contributed by atoms with van der Waals surface area (Å²) in [7, 11) is 0. The van der Waals surface area contributed by atoms with E-state index in [0.717, 1.165) is 18.8 Å². The van der Waals surface area contributed by atoms with Crippen molar-refractivity contribution in [3.8, 4) is 5.75 Å². The quantitative estimate of drug-likeness (QED) is 0.707. The maximum atomic E-state index is 5.46. The Balaban J connectivity index is 1.74. The maximum Gasteiger partial charge on any atom is 0.119 e. The average Bonchev–Trinajstić information content (AvgIpc) is 3.18. The van der Waals surface area contributed by atoms with Gasteiger partial charge in [0.05, 0.1) is 0 Å². The summed E-state index contributed by atoms with van der Waals surface area (Å²) < 4.78 is 5.46. The number of hydrogen-bond donors (Lipinski definition) is 1. The minimum atomic E-state index is 0.566. The second-order valence-corrected chi connectivity index (χ2v) is 5.20. The highest BCUT2D eigenvalue weighted by atomic mass is 16.5. The maximum absolute atomic E-state index is 5.46. The molecule has 1 saturated carbocycles. The summed E-state index contributed by atoms with van der Waals surface area (Å²) in [5, 5.41) is 3.56. The van der Waals surface area contributed by atoms with E-state index in [9.17, 15) is 0 Å². The monoisotopic (exact) mass is 245 g/mol. The van der Waals surface area contributed by atoms with Crippen LogP contribution in [0.25, 0.3) is 0 Å². The van der Waals surface area contributed by atoms with Gasteiger partial charge in [0.15, 0.2) is 0 Å². The Morgan fingerprint density at radius 2 is 2.06 bits per heavy atom. The molecule has 1 aliphatic carbocycles.